The Hall–Kier alpha value is -2.64. The summed E-state index contributed by atoms with van der Waals surface area (Å²) in [5.74, 6) is 1.34. The van der Waals surface area contributed by atoms with Gasteiger partial charge in [0, 0.05) is 19.2 Å². The normalized spacial score (nSPS) is 14.6. The molecule has 8 nitrogen and oxygen atoms in total. The molecule has 2 rings (SSSR count). The van der Waals surface area contributed by atoms with Crippen LogP contribution in [0.3, 0.4) is 0 Å². The predicted octanol–water partition coefficient (Wildman–Crippen LogP) is 3.51. The van der Waals surface area contributed by atoms with Gasteiger partial charge in [-0.1, -0.05) is 0 Å². The number of hydrogen-bond donors (Lipinski definition) is 1. The number of hydrogen-bond acceptors (Lipinski definition) is 6. The van der Waals surface area contributed by atoms with E-state index in [9.17, 15) is 9.59 Å². The second-order valence-electron chi connectivity index (χ2n) is 6.65. The van der Waals surface area contributed by atoms with Crippen molar-refractivity contribution >= 4 is 17.9 Å². The number of nitrogens with zero attached hydrogens (tertiary/aromatic N) is 1. The fourth-order valence-electron chi connectivity index (χ4n) is 2.80. The highest BCUT2D eigenvalue weighted by Gasteiger charge is 2.25. The van der Waals surface area contributed by atoms with Gasteiger partial charge in [-0.05, 0) is 44.7 Å². The van der Waals surface area contributed by atoms with E-state index >= 15 is 0 Å². The third-order valence-corrected chi connectivity index (χ3v) is 4.30. The number of amides is 2. The fourth-order valence-corrected chi connectivity index (χ4v) is 2.80. The smallest absolute Gasteiger partial charge is 0.411 e. The van der Waals surface area contributed by atoms with Gasteiger partial charge in [-0.15, -0.1) is 0 Å². The lowest BCUT2D eigenvalue weighted by molar-refractivity contribution is 0.0568. The van der Waals surface area contributed by atoms with Gasteiger partial charge in [-0.2, -0.15) is 0 Å². The molecule has 0 aliphatic carbocycles. The summed E-state index contributed by atoms with van der Waals surface area (Å²) in [5.41, 5.74) is 0.509. The summed E-state index contributed by atoms with van der Waals surface area (Å²) in [6.07, 6.45) is 0.588. The van der Waals surface area contributed by atoms with Crippen LogP contribution in [-0.2, 0) is 9.47 Å². The number of carbonyl (C=O) groups excluding carboxylic acids is 2. The van der Waals surface area contributed by atoms with Crippen LogP contribution in [0.25, 0.3) is 0 Å². The number of carbonyl (C=O) groups is 2. The lowest BCUT2D eigenvalue weighted by Gasteiger charge is -2.31. The molecule has 1 fully saturated rings. The first-order valence-electron chi connectivity index (χ1n) is 9.04. The van der Waals surface area contributed by atoms with Crippen molar-refractivity contribution in [1.29, 1.82) is 0 Å². The van der Waals surface area contributed by atoms with E-state index in [2.05, 4.69) is 5.32 Å². The van der Waals surface area contributed by atoms with Crippen LogP contribution in [0.2, 0.25) is 0 Å². The summed E-state index contributed by atoms with van der Waals surface area (Å²) in [5, 5.41) is 2.67. The molecule has 0 bridgehead atoms. The summed E-state index contributed by atoms with van der Waals surface area (Å²) >= 11 is 0. The number of rotatable bonds is 6. The van der Waals surface area contributed by atoms with Gasteiger partial charge in [0.15, 0.2) is 0 Å². The summed E-state index contributed by atoms with van der Waals surface area (Å²) in [4.78, 5) is 25.6. The number of piperidine rings is 1. The molecule has 2 amide bonds. The third kappa shape index (κ3) is 6.23. The Kier molecular flexibility index (Phi) is 7.57. The molecule has 1 aliphatic rings. The molecular formula is C19H28N2O6. The molecule has 0 radical (unpaired) electrons. The van der Waals surface area contributed by atoms with E-state index in [0.717, 1.165) is 12.8 Å². The standard InChI is InChI=1S/C19H28N2O6/c1-13(2)27-19(23)21-9-7-14(8-10-21)12-26-18(22)20-16-6-5-15(24-3)11-17(16)25-4/h5-6,11,13-14H,7-10,12H2,1-4H3,(H,20,22). The molecule has 1 aromatic carbocycles. The summed E-state index contributed by atoms with van der Waals surface area (Å²) in [6.45, 7) is 5.17. The van der Waals surface area contributed by atoms with Crippen LogP contribution in [0.15, 0.2) is 18.2 Å². The molecular weight excluding hydrogens is 352 g/mol. The van der Waals surface area contributed by atoms with E-state index in [1.54, 1.807) is 30.2 Å². The average molecular weight is 380 g/mol. The second-order valence-corrected chi connectivity index (χ2v) is 6.65. The van der Waals surface area contributed by atoms with Crippen LogP contribution in [0, 0.1) is 5.92 Å². The van der Waals surface area contributed by atoms with Crippen LogP contribution in [-0.4, -0.2) is 57.1 Å². The van der Waals surface area contributed by atoms with Gasteiger partial charge in [0.1, 0.15) is 11.5 Å². The molecule has 150 valence electrons. The lowest BCUT2D eigenvalue weighted by atomic mass is 9.98. The first kappa shape index (κ1) is 20.7. The third-order valence-electron chi connectivity index (χ3n) is 4.30. The number of methoxy groups -OCH3 is 2. The summed E-state index contributed by atoms with van der Waals surface area (Å²) in [7, 11) is 3.08. The quantitative estimate of drug-likeness (QED) is 0.813. The van der Waals surface area contributed by atoms with Crippen LogP contribution in [0.5, 0.6) is 11.5 Å². The van der Waals surface area contributed by atoms with Crippen molar-refractivity contribution in [2.45, 2.75) is 32.8 Å². The Morgan fingerprint density at radius 1 is 1.19 bits per heavy atom. The van der Waals surface area contributed by atoms with E-state index in [1.807, 2.05) is 13.8 Å². The molecule has 0 spiro atoms. The van der Waals surface area contributed by atoms with Crippen molar-refractivity contribution in [2.75, 3.05) is 39.2 Å². The molecule has 1 aliphatic heterocycles. The van der Waals surface area contributed by atoms with Gasteiger partial charge in [0.2, 0.25) is 0 Å². The van der Waals surface area contributed by atoms with Gasteiger partial charge in [-0.25, -0.2) is 9.59 Å². The maximum atomic E-state index is 12.1. The van der Waals surface area contributed by atoms with E-state index < -0.39 is 6.09 Å². The molecule has 0 aromatic heterocycles. The van der Waals surface area contributed by atoms with Crippen molar-refractivity contribution in [1.82, 2.24) is 4.90 Å². The molecule has 1 saturated heterocycles. The Morgan fingerprint density at radius 2 is 1.89 bits per heavy atom. The average Bonchev–Trinajstić information content (AvgIpc) is 2.66. The van der Waals surface area contributed by atoms with Crippen LogP contribution < -0.4 is 14.8 Å². The van der Waals surface area contributed by atoms with E-state index in [4.69, 9.17) is 18.9 Å². The first-order valence-corrected chi connectivity index (χ1v) is 9.04. The summed E-state index contributed by atoms with van der Waals surface area (Å²) < 4.78 is 20.9. The number of anilines is 1. The van der Waals surface area contributed by atoms with Gasteiger partial charge < -0.3 is 23.8 Å². The highest BCUT2D eigenvalue weighted by atomic mass is 16.6. The number of likely N-dealkylation sites (tertiary alicyclic amines) is 1. The largest absolute Gasteiger partial charge is 0.497 e. The molecule has 0 atom stereocenters. The van der Waals surface area contributed by atoms with Crippen LogP contribution in [0.1, 0.15) is 26.7 Å². The van der Waals surface area contributed by atoms with Gasteiger partial charge in [0.05, 0.1) is 32.6 Å². The topological polar surface area (TPSA) is 86.3 Å². The highest BCUT2D eigenvalue weighted by molar-refractivity contribution is 5.87. The van der Waals surface area contributed by atoms with Crippen molar-refractivity contribution in [3.63, 3.8) is 0 Å². The van der Waals surface area contributed by atoms with Gasteiger partial charge >= 0.3 is 12.2 Å². The molecule has 1 aromatic rings. The first-order chi connectivity index (χ1) is 12.9. The zero-order chi connectivity index (χ0) is 19.8. The molecule has 1 N–H and O–H groups in total. The molecule has 8 heteroatoms. The van der Waals surface area contributed by atoms with Crippen molar-refractivity contribution < 1.29 is 28.5 Å². The van der Waals surface area contributed by atoms with E-state index in [1.165, 1.54) is 7.11 Å². The van der Waals surface area contributed by atoms with Gasteiger partial charge in [-0.3, -0.25) is 5.32 Å². The Labute approximate surface area is 159 Å². The zero-order valence-electron chi connectivity index (χ0n) is 16.3. The fraction of sp³-hybridized carbons (Fsp3) is 0.579. The van der Waals surface area contributed by atoms with Crippen LogP contribution >= 0.6 is 0 Å². The number of nitrogens with one attached hydrogen (secondary N) is 1. The number of ether oxygens (including phenoxy) is 4. The Balaban J connectivity index is 1.76. The number of benzene rings is 1. The maximum Gasteiger partial charge on any atom is 0.411 e. The molecule has 1 heterocycles. The Morgan fingerprint density at radius 3 is 2.48 bits per heavy atom. The maximum absolute atomic E-state index is 12.1. The molecule has 0 saturated carbocycles. The van der Waals surface area contributed by atoms with Crippen molar-refractivity contribution in [2.24, 2.45) is 5.92 Å². The minimum atomic E-state index is -0.542. The van der Waals surface area contributed by atoms with E-state index in [0.29, 0.717) is 36.9 Å². The van der Waals surface area contributed by atoms with Crippen molar-refractivity contribution in [3.05, 3.63) is 18.2 Å². The SMILES string of the molecule is COc1ccc(NC(=O)OCC2CCN(C(=O)OC(C)C)CC2)c(OC)c1. The Bertz CT molecular complexity index is 641. The van der Waals surface area contributed by atoms with E-state index in [-0.39, 0.29) is 18.1 Å². The molecule has 27 heavy (non-hydrogen) atoms. The van der Waals surface area contributed by atoms with Crippen molar-refractivity contribution in [3.8, 4) is 11.5 Å². The monoisotopic (exact) mass is 380 g/mol. The minimum absolute atomic E-state index is 0.128. The van der Waals surface area contributed by atoms with Crippen LogP contribution in [0.4, 0.5) is 15.3 Å². The second kappa shape index (κ2) is 9.89. The summed E-state index contributed by atoms with van der Waals surface area (Å²) in [6, 6.07) is 5.10. The highest BCUT2D eigenvalue weighted by Crippen LogP contribution is 2.29. The predicted molar refractivity (Wildman–Crippen MR) is 100 cm³/mol. The zero-order valence-corrected chi connectivity index (χ0v) is 16.3. The minimum Gasteiger partial charge on any atom is -0.497 e. The van der Waals surface area contributed by atoms with Gasteiger partial charge in [0.25, 0.3) is 0 Å². The molecule has 0 unspecified atom stereocenters. The lowest BCUT2D eigenvalue weighted by Crippen LogP contribution is -2.40.